The Morgan fingerprint density at radius 1 is 0.656 bits per heavy atom. The van der Waals surface area contributed by atoms with Gasteiger partial charge in [-0.05, 0) is 32.6 Å². The number of hydrogen-bond acceptors (Lipinski definition) is 4. The molecule has 1 atom stereocenters. The van der Waals surface area contributed by atoms with Gasteiger partial charge in [0, 0.05) is 0 Å². The Morgan fingerprint density at radius 2 is 1.06 bits per heavy atom. The van der Waals surface area contributed by atoms with Crippen molar-refractivity contribution in [1.82, 2.24) is 0 Å². The van der Waals surface area contributed by atoms with E-state index < -0.39 is 17.4 Å². The minimum absolute atomic E-state index is 0.162. The molecule has 0 aromatic rings. The lowest BCUT2D eigenvalue weighted by Crippen LogP contribution is -2.39. The summed E-state index contributed by atoms with van der Waals surface area (Å²) >= 11 is 0. The Hall–Kier alpha value is -1.06. The normalized spacial score (nSPS) is 12.7. The Morgan fingerprint density at radius 3 is 1.44 bits per heavy atom. The van der Waals surface area contributed by atoms with E-state index in [9.17, 15) is 9.59 Å². The summed E-state index contributed by atoms with van der Waals surface area (Å²) in [6.07, 6.45) is 20.2. The summed E-state index contributed by atoms with van der Waals surface area (Å²) in [5, 5.41) is 0. The summed E-state index contributed by atoms with van der Waals surface area (Å²) in [7, 11) is 0. The Kier molecular flexibility index (Phi) is 18.8. The van der Waals surface area contributed by atoms with Crippen molar-refractivity contribution < 1.29 is 19.1 Å². The molecule has 0 N–H and O–H groups in total. The molecule has 0 radical (unpaired) electrons. The molecule has 1 unspecified atom stereocenters. The topological polar surface area (TPSA) is 52.6 Å². The Balaban J connectivity index is 3.67. The molecular formula is C28H54O4. The van der Waals surface area contributed by atoms with E-state index in [0.717, 1.165) is 19.3 Å². The highest BCUT2D eigenvalue weighted by molar-refractivity contribution is 5.99. The third kappa shape index (κ3) is 14.9. The van der Waals surface area contributed by atoms with Gasteiger partial charge in [-0.25, -0.2) is 0 Å². The number of esters is 2. The van der Waals surface area contributed by atoms with Crippen LogP contribution in [0.25, 0.3) is 0 Å². The van der Waals surface area contributed by atoms with Crippen LogP contribution in [0.5, 0.6) is 0 Å². The van der Waals surface area contributed by atoms with Crippen molar-refractivity contribution >= 4 is 11.9 Å². The summed E-state index contributed by atoms with van der Waals surface area (Å²) in [4.78, 5) is 24.8. The number of carbonyl (C=O) groups excluding carboxylic acids is 2. The molecule has 0 amide bonds. The van der Waals surface area contributed by atoms with Gasteiger partial charge in [0.05, 0.1) is 6.61 Å². The van der Waals surface area contributed by atoms with Crippen LogP contribution >= 0.6 is 0 Å². The SMILES string of the molecule is CCCCCCCCCCCCCCCCCOC(=O)C(C)(C)C(=O)OC(CC)C(C)C. The number of unbranched alkanes of at least 4 members (excludes halogenated alkanes) is 14. The third-order valence-corrected chi connectivity index (χ3v) is 6.41. The van der Waals surface area contributed by atoms with Gasteiger partial charge >= 0.3 is 11.9 Å². The second-order valence-corrected chi connectivity index (χ2v) is 10.3. The Labute approximate surface area is 199 Å². The van der Waals surface area contributed by atoms with Crippen LogP contribution in [-0.2, 0) is 19.1 Å². The average molecular weight is 455 g/mol. The molecule has 0 saturated heterocycles. The maximum atomic E-state index is 12.4. The van der Waals surface area contributed by atoms with E-state index in [1.165, 1.54) is 83.5 Å². The lowest BCUT2D eigenvalue weighted by molar-refractivity contribution is -0.174. The summed E-state index contributed by atoms with van der Waals surface area (Å²) in [5.74, 6) is -0.734. The molecule has 0 heterocycles. The standard InChI is InChI=1S/C28H54O4/c1-7-9-10-11-12-13-14-15-16-17-18-19-20-21-22-23-31-26(29)28(5,6)27(30)32-25(8-2)24(3)4/h24-25H,7-23H2,1-6H3. The minimum Gasteiger partial charge on any atom is -0.465 e. The summed E-state index contributed by atoms with van der Waals surface area (Å²) in [6.45, 7) is 11.9. The van der Waals surface area contributed by atoms with Crippen LogP contribution in [0.3, 0.4) is 0 Å². The van der Waals surface area contributed by atoms with E-state index in [4.69, 9.17) is 9.47 Å². The van der Waals surface area contributed by atoms with E-state index in [0.29, 0.717) is 6.61 Å². The largest absolute Gasteiger partial charge is 0.465 e. The van der Waals surface area contributed by atoms with E-state index in [1.54, 1.807) is 13.8 Å². The number of carbonyl (C=O) groups is 2. The fourth-order valence-corrected chi connectivity index (χ4v) is 3.88. The van der Waals surface area contributed by atoms with Crippen molar-refractivity contribution in [3.63, 3.8) is 0 Å². The van der Waals surface area contributed by atoms with Crippen molar-refractivity contribution in [2.45, 2.75) is 150 Å². The molecular weight excluding hydrogens is 400 g/mol. The monoisotopic (exact) mass is 454 g/mol. The van der Waals surface area contributed by atoms with Gasteiger partial charge < -0.3 is 9.47 Å². The summed E-state index contributed by atoms with van der Waals surface area (Å²) in [6, 6.07) is 0. The van der Waals surface area contributed by atoms with Gasteiger partial charge in [-0.15, -0.1) is 0 Å². The van der Waals surface area contributed by atoms with Crippen LogP contribution in [-0.4, -0.2) is 24.6 Å². The molecule has 0 aliphatic rings. The first-order valence-corrected chi connectivity index (χ1v) is 13.7. The van der Waals surface area contributed by atoms with Gasteiger partial charge in [0.25, 0.3) is 0 Å². The van der Waals surface area contributed by atoms with Crippen molar-refractivity contribution in [2.75, 3.05) is 6.61 Å². The predicted molar refractivity (Wildman–Crippen MR) is 135 cm³/mol. The average Bonchev–Trinajstić information content (AvgIpc) is 2.76. The summed E-state index contributed by atoms with van der Waals surface area (Å²) < 4.78 is 10.9. The molecule has 4 heteroatoms. The first kappa shape index (κ1) is 30.9. The number of rotatable bonds is 21. The van der Waals surface area contributed by atoms with Crippen LogP contribution in [0, 0.1) is 11.3 Å². The van der Waals surface area contributed by atoms with Crippen molar-refractivity contribution in [3.05, 3.63) is 0 Å². The molecule has 0 fully saturated rings. The van der Waals surface area contributed by atoms with Gasteiger partial charge in [-0.2, -0.15) is 0 Å². The zero-order valence-corrected chi connectivity index (χ0v) is 22.3. The van der Waals surface area contributed by atoms with Crippen LogP contribution in [0.2, 0.25) is 0 Å². The molecule has 0 spiro atoms. The smallest absolute Gasteiger partial charge is 0.323 e. The molecule has 0 bridgehead atoms. The highest BCUT2D eigenvalue weighted by Gasteiger charge is 2.40. The quantitative estimate of drug-likeness (QED) is 0.0992. The maximum Gasteiger partial charge on any atom is 0.323 e. The van der Waals surface area contributed by atoms with Gasteiger partial charge in [-0.1, -0.05) is 118 Å². The van der Waals surface area contributed by atoms with E-state index in [1.807, 2.05) is 20.8 Å². The lowest BCUT2D eigenvalue weighted by Gasteiger charge is -2.26. The van der Waals surface area contributed by atoms with E-state index >= 15 is 0 Å². The predicted octanol–water partition coefficient (Wildman–Crippen LogP) is 8.41. The molecule has 32 heavy (non-hydrogen) atoms. The minimum atomic E-state index is -1.25. The molecule has 190 valence electrons. The van der Waals surface area contributed by atoms with Gasteiger partial charge in [0.1, 0.15) is 6.10 Å². The first-order chi connectivity index (χ1) is 15.3. The van der Waals surface area contributed by atoms with Gasteiger partial charge in [0.15, 0.2) is 5.41 Å². The fourth-order valence-electron chi connectivity index (χ4n) is 3.88. The molecule has 0 aromatic carbocycles. The molecule has 0 saturated carbocycles. The van der Waals surface area contributed by atoms with Crippen LogP contribution in [0.4, 0.5) is 0 Å². The highest BCUT2D eigenvalue weighted by atomic mass is 16.6. The maximum absolute atomic E-state index is 12.4. The second kappa shape index (κ2) is 19.4. The molecule has 0 aliphatic carbocycles. The number of ether oxygens (including phenoxy) is 2. The summed E-state index contributed by atoms with van der Waals surface area (Å²) in [5.41, 5.74) is -1.25. The number of hydrogen-bond donors (Lipinski definition) is 0. The van der Waals surface area contributed by atoms with Gasteiger partial charge in [0.2, 0.25) is 0 Å². The van der Waals surface area contributed by atoms with Gasteiger partial charge in [-0.3, -0.25) is 9.59 Å². The van der Waals surface area contributed by atoms with Crippen molar-refractivity contribution in [3.8, 4) is 0 Å². The molecule has 0 aliphatic heterocycles. The van der Waals surface area contributed by atoms with Crippen LogP contribution in [0.1, 0.15) is 144 Å². The van der Waals surface area contributed by atoms with Crippen LogP contribution in [0.15, 0.2) is 0 Å². The highest BCUT2D eigenvalue weighted by Crippen LogP contribution is 2.23. The zero-order chi connectivity index (χ0) is 24.2. The molecule has 0 aromatic heterocycles. The van der Waals surface area contributed by atoms with Crippen LogP contribution < -0.4 is 0 Å². The molecule has 4 nitrogen and oxygen atoms in total. The zero-order valence-electron chi connectivity index (χ0n) is 22.3. The van der Waals surface area contributed by atoms with E-state index in [2.05, 4.69) is 6.92 Å². The fraction of sp³-hybridized carbons (Fsp3) is 0.929. The van der Waals surface area contributed by atoms with Crippen molar-refractivity contribution in [2.24, 2.45) is 11.3 Å². The lowest BCUT2D eigenvalue weighted by atomic mass is 9.93. The first-order valence-electron chi connectivity index (χ1n) is 13.7. The van der Waals surface area contributed by atoms with E-state index in [-0.39, 0.29) is 12.0 Å². The van der Waals surface area contributed by atoms with Crippen molar-refractivity contribution in [1.29, 1.82) is 0 Å². The Bertz CT molecular complexity index is 470. The molecule has 0 rings (SSSR count). The second-order valence-electron chi connectivity index (χ2n) is 10.3. The third-order valence-electron chi connectivity index (χ3n) is 6.41.